The maximum atomic E-state index is 12.7. The van der Waals surface area contributed by atoms with E-state index in [2.05, 4.69) is 0 Å². The lowest BCUT2D eigenvalue weighted by Gasteiger charge is -2.40. The van der Waals surface area contributed by atoms with E-state index < -0.39 is 59.6 Å². The quantitative estimate of drug-likeness (QED) is 0.523. The third-order valence-electron chi connectivity index (χ3n) is 3.45. The van der Waals surface area contributed by atoms with Crippen molar-refractivity contribution in [2.24, 2.45) is 0 Å². The Kier molecular flexibility index (Phi) is 6.58. The monoisotopic (exact) mass is 386 g/mol. The number of carbonyl (C=O) groups is 5. The van der Waals surface area contributed by atoms with Gasteiger partial charge in [0, 0.05) is 5.54 Å². The van der Waals surface area contributed by atoms with E-state index in [4.69, 9.17) is 9.47 Å². The van der Waals surface area contributed by atoms with Gasteiger partial charge in [-0.2, -0.15) is 0 Å². The maximum absolute atomic E-state index is 12.7. The molecule has 2 N–H and O–H groups in total. The fraction of sp³-hybridized carbons (Fsp3) is 0.706. The van der Waals surface area contributed by atoms with E-state index in [1.807, 2.05) is 5.32 Å². The second-order valence-electron chi connectivity index (χ2n) is 8.18. The lowest BCUT2D eigenvalue weighted by molar-refractivity contribution is -0.163. The first kappa shape index (κ1) is 22.4. The Bertz CT molecular complexity index is 644. The molecule has 0 aromatic carbocycles. The Labute approximate surface area is 157 Å². The molecule has 0 bridgehead atoms. The number of hydrogen-bond acceptors (Lipinski definition) is 7. The molecule has 1 heterocycles. The number of rotatable bonds is 5. The molecule has 3 amide bonds. The van der Waals surface area contributed by atoms with Gasteiger partial charge in [0.05, 0.1) is 12.8 Å². The van der Waals surface area contributed by atoms with E-state index in [-0.39, 0.29) is 6.42 Å². The van der Waals surface area contributed by atoms with Crippen molar-refractivity contribution in [2.75, 3.05) is 0 Å². The summed E-state index contributed by atoms with van der Waals surface area (Å²) in [6, 6.07) is -1.54. The minimum absolute atomic E-state index is 0.355. The number of carbonyl (C=O) groups excluding carboxylic acids is 4. The van der Waals surface area contributed by atoms with Crippen LogP contribution in [-0.2, 0) is 28.7 Å². The predicted molar refractivity (Wildman–Crippen MR) is 91.5 cm³/mol. The maximum Gasteiger partial charge on any atom is 0.411 e. The molecule has 2 atom stereocenters. The fourth-order valence-electron chi connectivity index (χ4n) is 2.47. The Hall–Kier alpha value is -2.65. The van der Waals surface area contributed by atoms with Gasteiger partial charge in [-0.25, -0.2) is 9.59 Å². The van der Waals surface area contributed by atoms with E-state index in [9.17, 15) is 29.1 Å². The average molecular weight is 386 g/mol. The van der Waals surface area contributed by atoms with Crippen molar-refractivity contribution >= 4 is 29.8 Å². The fourth-order valence-corrected chi connectivity index (χ4v) is 2.47. The Morgan fingerprint density at radius 2 is 1.74 bits per heavy atom. The number of carboxylic acid groups (broad SMARTS) is 1. The van der Waals surface area contributed by atoms with Gasteiger partial charge in [-0.15, -0.1) is 0 Å². The summed E-state index contributed by atoms with van der Waals surface area (Å²) in [7, 11) is 0. The van der Waals surface area contributed by atoms with Crippen molar-refractivity contribution in [3.8, 4) is 0 Å². The van der Waals surface area contributed by atoms with Crippen LogP contribution < -0.4 is 5.32 Å². The van der Waals surface area contributed by atoms with Gasteiger partial charge < -0.3 is 14.6 Å². The number of nitrogens with one attached hydrogen (secondary N) is 1. The van der Waals surface area contributed by atoms with Gasteiger partial charge in [-0.3, -0.25) is 24.6 Å². The highest BCUT2D eigenvalue weighted by molar-refractivity contribution is 6.05. The van der Waals surface area contributed by atoms with Crippen LogP contribution in [0.25, 0.3) is 0 Å². The number of nitrogens with zero attached hydrogens (tertiary/aromatic N) is 1. The first-order valence-corrected chi connectivity index (χ1v) is 8.40. The predicted octanol–water partition coefficient (Wildman–Crippen LogP) is 0.824. The lowest BCUT2D eigenvalue weighted by atomic mass is 10.0. The van der Waals surface area contributed by atoms with Gasteiger partial charge in [0.2, 0.25) is 5.91 Å². The number of carboxylic acids is 1. The largest absolute Gasteiger partial charge is 0.481 e. The zero-order chi connectivity index (χ0) is 21.2. The van der Waals surface area contributed by atoms with Crippen LogP contribution in [0.2, 0.25) is 0 Å². The van der Waals surface area contributed by atoms with Crippen LogP contribution >= 0.6 is 0 Å². The Balaban J connectivity index is 3.16. The van der Waals surface area contributed by atoms with Gasteiger partial charge in [-0.05, 0) is 41.5 Å². The van der Waals surface area contributed by atoms with E-state index in [0.717, 1.165) is 4.90 Å². The topological polar surface area (TPSA) is 139 Å². The molecule has 1 saturated heterocycles. The highest BCUT2D eigenvalue weighted by atomic mass is 16.6. The molecule has 1 rings (SSSR count). The molecule has 0 spiro atoms. The molecule has 0 radical (unpaired) electrons. The van der Waals surface area contributed by atoms with Gasteiger partial charge in [0.25, 0.3) is 5.91 Å². The van der Waals surface area contributed by atoms with Crippen molar-refractivity contribution in [1.29, 1.82) is 0 Å². The summed E-state index contributed by atoms with van der Waals surface area (Å²) in [5, 5.41) is 11.2. The summed E-state index contributed by atoms with van der Waals surface area (Å²) in [5.74, 6) is -3.84. The van der Waals surface area contributed by atoms with Gasteiger partial charge in [0.15, 0.2) is 6.10 Å². The summed E-state index contributed by atoms with van der Waals surface area (Å²) in [5.41, 5.74) is -1.87. The molecule has 1 fully saturated rings. The highest BCUT2D eigenvalue weighted by Crippen LogP contribution is 2.25. The molecule has 10 heteroatoms. The Morgan fingerprint density at radius 3 is 2.11 bits per heavy atom. The molecular weight excluding hydrogens is 360 g/mol. The molecule has 0 unspecified atom stereocenters. The van der Waals surface area contributed by atoms with Crippen molar-refractivity contribution in [3.05, 3.63) is 0 Å². The zero-order valence-electron chi connectivity index (χ0n) is 16.3. The van der Waals surface area contributed by atoms with Gasteiger partial charge in [0.1, 0.15) is 11.6 Å². The van der Waals surface area contributed by atoms with Crippen molar-refractivity contribution in [3.63, 3.8) is 0 Å². The molecule has 152 valence electrons. The summed E-state index contributed by atoms with van der Waals surface area (Å²) in [4.78, 5) is 60.4. The SMILES string of the molecule is CC(C)(C)OC(=O)N([C@@H](CC(=O)O)C(=O)O[C@@H]1CC(=O)NC1=O)C(C)(C)C. The molecule has 0 aliphatic carbocycles. The number of esters is 1. The molecule has 0 saturated carbocycles. The summed E-state index contributed by atoms with van der Waals surface area (Å²) in [6.07, 6.45) is -3.36. The molecule has 0 aromatic rings. The number of hydrogen-bond donors (Lipinski definition) is 2. The second kappa shape index (κ2) is 7.93. The van der Waals surface area contributed by atoms with Crippen molar-refractivity contribution < 1.29 is 38.6 Å². The smallest absolute Gasteiger partial charge is 0.411 e. The Morgan fingerprint density at radius 1 is 1.19 bits per heavy atom. The van der Waals surface area contributed by atoms with Crippen LogP contribution in [0.15, 0.2) is 0 Å². The average Bonchev–Trinajstić information content (AvgIpc) is 2.71. The first-order valence-electron chi connectivity index (χ1n) is 8.40. The number of imide groups is 1. The van der Waals surface area contributed by atoms with Gasteiger partial charge in [-0.1, -0.05) is 0 Å². The highest BCUT2D eigenvalue weighted by Gasteiger charge is 2.44. The second-order valence-corrected chi connectivity index (χ2v) is 8.18. The standard InChI is InChI=1S/C17H26N2O8/c1-16(2,3)19(15(25)27-17(4,5)6)9(7-12(21)22)14(24)26-10-8-11(20)18-13(10)23/h9-10H,7-8H2,1-6H3,(H,21,22)(H,18,20,23)/t9-,10+/m0/s1. The molecule has 1 aliphatic heterocycles. The normalized spacial score (nSPS) is 18.5. The van der Waals surface area contributed by atoms with Crippen LogP contribution in [0.1, 0.15) is 54.4 Å². The van der Waals surface area contributed by atoms with Crippen molar-refractivity contribution in [1.82, 2.24) is 10.2 Å². The third kappa shape index (κ3) is 6.54. The van der Waals surface area contributed by atoms with E-state index in [0.29, 0.717) is 0 Å². The van der Waals surface area contributed by atoms with E-state index in [1.54, 1.807) is 41.5 Å². The lowest BCUT2D eigenvalue weighted by Crippen LogP contribution is -2.57. The summed E-state index contributed by atoms with van der Waals surface area (Å²) in [6.45, 7) is 9.70. The number of aliphatic carboxylic acids is 1. The van der Waals surface area contributed by atoms with E-state index >= 15 is 0 Å². The van der Waals surface area contributed by atoms with Crippen LogP contribution in [-0.4, -0.2) is 63.1 Å². The van der Waals surface area contributed by atoms with Crippen LogP contribution in [0.5, 0.6) is 0 Å². The molecular formula is C17H26N2O8. The van der Waals surface area contributed by atoms with Crippen LogP contribution in [0.3, 0.4) is 0 Å². The zero-order valence-corrected chi connectivity index (χ0v) is 16.3. The van der Waals surface area contributed by atoms with E-state index in [1.165, 1.54) is 0 Å². The number of amides is 3. The molecule has 10 nitrogen and oxygen atoms in total. The molecule has 0 aromatic heterocycles. The van der Waals surface area contributed by atoms with Crippen LogP contribution in [0, 0.1) is 0 Å². The van der Waals surface area contributed by atoms with Crippen LogP contribution in [0.4, 0.5) is 4.79 Å². The minimum atomic E-state index is -1.54. The number of ether oxygens (including phenoxy) is 2. The summed E-state index contributed by atoms with van der Waals surface area (Å²) >= 11 is 0. The first-order chi connectivity index (χ1) is 12.1. The molecule has 1 aliphatic rings. The van der Waals surface area contributed by atoms with Gasteiger partial charge >= 0.3 is 18.0 Å². The minimum Gasteiger partial charge on any atom is -0.481 e. The summed E-state index contributed by atoms with van der Waals surface area (Å²) < 4.78 is 10.3. The molecule has 27 heavy (non-hydrogen) atoms. The third-order valence-corrected chi connectivity index (χ3v) is 3.45. The van der Waals surface area contributed by atoms with Crippen molar-refractivity contribution in [2.45, 2.75) is 77.7 Å².